The lowest BCUT2D eigenvalue weighted by Gasteiger charge is -2.05. The van der Waals surface area contributed by atoms with Gasteiger partial charge in [-0.1, -0.05) is 23.9 Å². The van der Waals surface area contributed by atoms with Gasteiger partial charge >= 0.3 is 0 Å². The van der Waals surface area contributed by atoms with Crippen molar-refractivity contribution in [3.8, 4) is 0 Å². The number of hydrogen-bond acceptors (Lipinski definition) is 3. The Morgan fingerprint density at radius 3 is 2.86 bits per heavy atom. The molecule has 2 N–H and O–H groups in total. The summed E-state index contributed by atoms with van der Waals surface area (Å²) in [7, 11) is 4.37. The van der Waals surface area contributed by atoms with Gasteiger partial charge < -0.3 is 10.2 Å². The molecule has 0 atom stereocenters. The summed E-state index contributed by atoms with van der Waals surface area (Å²) in [5.74, 6) is 0. The van der Waals surface area contributed by atoms with Crippen LogP contribution in [0.2, 0.25) is 0 Å². The molecule has 114 valence electrons. The molecule has 3 rings (SSSR count). The normalized spacial score (nSPS) is 15.1. The predicted octanol–water partition coefficient (Wildman–Crippen LogP) is 1.42. The van der Waals surface area contributed by atoms with Crippen LogP contribution in [0.4, 0.5) is 5.69 Å². The Labute approximate surface area is 135 Å². The first kappa shape index (κ1) is 15.1. The minimum atomic E-state index is 0.984. The maximum absolute atomic E-state index is 4.53. The SMILES string of the molecule is C[NH+](C)CCC[n+]1ccc(/C=C2\Nc3ccccc3S2)nc1. The van der Waals surface area contributed by atoms with E-state index in [1.54, 1.807) is 11.8 Å². The fourth-order valence-electron chi connectivity index (χ4n) is 2.36. The van der Waals surface area contributed by atoms with E-state index in [0.29, 0.717) is 0 Å². The van der Waals surface area contributed by atoms with Gasteiger partial charge in [-0.25, -0.2) is 4.57 Å². The number of anilines is 1. The van der Waals surface area contributed by atoms with Crippen molar-refractivity contribution in [3.63, 3.8) is 0 Å². The first-order chi connectivity index (χ1) is 10.7. The van der Waals surface area contributed by atoms with E-state index in [-0.39, 0.29) is 0 Å². The molecule has 2 aromatic rings. The number of para-hydroxylation sites is 1. The number of hydrogen-bond donors (Lipinski definition) is 2. The molecular formula is C17H22N4S+2. The Morgan fingerprint density at radius 1 is 1.27 bits per heavy atom. The van der Waals surface area contributed by atoms with Gasteiger partial charge in [-0.2, -0.15) is 0 Å². The zero-order valence-corrected chi connectivity index (χ0v) is 13.9. The lowest BCUT2D eigenvalue weighted by atomic mass is 10.3. The fraction of sp³-hybridized carbons (Fsp3) is 0.294. The molecule has 4 nitrogen and oxygen atoms in total. The number of aryl methyl sites for hydroxylation is 1. The average molecular weight is 314 g/mol. The Balaban J connectivity index is 1.61. The van der Waals surface area contributed by atoms with E-state index in [0.717, 1.165) is 17.3 Å². The molecule has 0 spiro atoms. The number of fused-ring (bicyclic) bond motifs is 1. The molecule has 5 heteroatoms. The van der Waals surface area contributed by atoms with Crippen LogP contribution >= 0.6 is 11.8 Å². The van der Waals surface area contributed by atoms with Gasteiger partial charge in [0, 0.05) is 23.5 Å². The Morgan fingerprint density at radius 2 is 2.14 bits per heavy atom. The van der Waals surface area contributed by atoms with E-state index in [1.807, 2.05) is 6.33 Å². The number of quaternary nitrogens is 1. The molecular weight excluding hydrogens is 292 g/mol. The zero-order chi connectivity index (χ0) is 15.4. The average Bonchev–Trinajstić information content (AvgIpc) is 2.91. The van der Waals surface area contributed by atoms with E-state index in [9.17, 15) is 0 Å². The molecule has 0 radical (unpaired) electrons. The number of rotatable bonds is 5. The zero-order valence-electron chi connectivity index (χ0n) is 13.0. The van der Waals surface area contributed by atoms with E-state index in [4.69, 9.17) is 0 Å². The molecule has 1 aliphatic heterocycles. The van der Waals surface area contributed by atoms with E-state index < -0.39 is 0 Å². The van der Waals surface area contributed by atoms with Gasteiger partial charge in [0.05, 0.1) is 44.1 Å². The molecule has 22 heavy (non-hydrogen) atoms. The molecule has 0 fully saturated rings. The van der Waals surface area contributed by atoms with E-state index in [1.165, 1.54) is 28.4 Å². The van der Waals surface area contributed by atoms with Crippen LogP contribution in [0.1, 0.15) is 12.1 Å². The molecule has 0 unspecified atom stereocenters. The standard InChI is InChI=1S/C17H20N4S/c1-20(2)9-5-10-21-11-8-14(18-13-21)12-17-19-15-6-3-4-7-16(15)22-17/h3-4,6-8,11-13H,5,9-10H2,1-2H3/p+2. The van der Waals surface area contributed by atoms with Crippen LogP contribution in [0, 0.1) is 0 Å². The smallest absolute Gasteiger partial charge is 0.286 e. The van der Waals surface area contributed by atoms with Gasteiger partial charge in [0.1, 0.15) is 0 Å². The van der Waals surface area contributed by atoms with Gasteiger partial charge in [-0.3, -0.25) is 0 Å². The Kier molecular flexibility index (Phi) is 4.75. The number of aromatic nitrogens is 2. The van der Waals surface area contributed by atoms with Crippen LogP contribution in [0.25, 0.3) is 6.08 Å². The summed E-state index contributed by atoms with van der Waals surface area (Å²) in [5, 5.41) is 4.55. The highest BCUT2D eigenvalue weighted by atomic mass is 32.2. The van der Waals surface area contributed by atoms with Crippen molar-refractivity contribution < 1.29 is 9.47 Å². The van der Waals surface area contributed by atoms with E-state index >= 15 is 0 Å². The summed E-state index contributed by atoms with van der Waals surface area (Å²) < 4.78 is 2.15. The second-order valence-electron chi connectivity index (χ2n) is 5.77. The van der Waals surface area contributed by atoms with Crippen molar-refractivity contribution >= 4 is 23.5 Å². The molecule has 0 aliphatic carbocycles. The number of benzene rings is 1. The van der Waals surface area contributed by atoms with Crippen molar-refractivity contribution in [2.24, 2.45) is 0 Å². The third kappa shape index (κ3) is 3.87. The number of thioether (sulfide) groups is 1. The topological polar surface area (TPSA) is 33.2 Å². The van der Waals surface area contributed by atoms with E-state index in [2.05, 4.69) is 71.6 Å². The Hall–Kier alpha value is -1.85. The maximum Gasteiger partial charge on any atom is 0.286 e. The molecule has 2 heterocycles. The second kappa shape index (κ2) is 6.94. The predicted molar refractivity (Wildman–Crippen MR) is 90.6 cm³/mol. The van der Waals surface area contributed by atoms with Gasteiger partial charge in [0.2, 0.25) is 0 Å². The molecule has 1 aromatic heterocycles. The number of nitrogens with zero attached hydrogens (tertiary/aromatic N) is 2. The molecule has 0 bridgehead atoms. The molecule has 1 aromatic carbocycles. The van der Waals surface area contributed by atoms with Crippen LogP contribution < -0.4 is 14.8 Å². The third-order valence-corrected chi connectivity index (χ3v) is 4.54. The lowest BCUT2D eigenvalue weighted by molar-refractivity contribution is -0.861. The maximum atomic E-state index is 4.53. The van der Waals surface area contributed by atoms with Gasteiger partial charge in [-0.15, -0.1) is 0 Å². The highest BCUT2D eigenvalue weighted by molar-refractivity contribution is 8.03. The van der Waals surface area contributed by atoms with Crippen LogP contribution in [0.15, 0.2) is 52.8 Å². The van der Waals surface area contributed by atoms with Crippen LogP contribution in [0.5, 0.6) is 0 Å². The summed E-state index contributed by atoms with van der Waals surface area (Å²) in [4.78, 5) is 7.28. The molecule has 0 saturated heterocycles. The molecule has 1 aliphatic rings. The lowest BCUT2D eigenvalue weighted by Crippen LogP contribution is -3.05. The molecule has 0 amide bonds. The van der Waals surface area contributed by atoms with Gasteiger partial charge in [0.15, 0.2) is 5.69 Å². The number of nitrogens with one attached hydrogen (secondary N) is 2. The third-order valence-electron chi connectivity index (χ3n) is 3.53. The first-order valence-electron chi connectivity index (χ1n) is 7.60. The van der Waals surface area contributed by atoms with Gasteiger partial charge in [0.25, 0.3) is 6.33 Å². The van der Waals surface area contributed by atoms with Gasteiger partial charge in [-0.05, 0) is 17.1 Å². The summed E-state index contributed by atoms with van der Waals surface area (Å²) in [6.45, 7) is 2.20. The fourth-order valence-corrected chi connectivity index (χ4v) is 3.32. The van der Waals surface area contributed by atoms with Crippen molar-refractivity contribution in [1.29, 1.82) is 0 Å². The largest absolute Gasteiger partial charge is 0.349 e. The second-order valence-corrected chi connectivity index (χ2v) is 6.85. The highest BCUT2D eigenvalue weighted by Gasteiger charge is 2.15. The summed E-state index contributed by atoms with van der Waals surface area (Å²) in [6, 6.07) is 10.4. The van der Waals surface area contributed by atoms with Crippen molar-refractivity contribution in [2.75, 3.05) is 26.0 Å². The monoisotopic (exact) mass is 314 g/mol. The van der Waals surface area contributed by atoms with Crippen LogP contribution in [0.3, 0.4) is 0 Å². The van der Waals surface area contributed by atoms with Crippen LogP contribution in [-0.4, -0.2) is 25.6 Å². The minimum Gasteiger partial charge on any atom is -0.349 e. The van der Waals surface area contributed by atoms with Crippen molar-refractivity contribution in [3.05, 3.63) is 53.6 Å². The highest BCUT2D eigenvalue weighted by Crippen LogP contribution is 2.40. The Bertz CT molecular complexity index is 638. The summed E-state index contributed by atoms with van der Waals surface area (Å²) in [6.07, 6.45) is 7.29. The minimum absolute atomic E-state index is 0.984. The van der Waals surface area contributed by atoms with Crippen molar-refractivity contribution in [2.45, 2.75) is 17.9 Å². The summed E-state index contributed by atoms with van der Waals surface area (Å²) >= 11 is 1.75. The quantitative estimate of drug-likeness (QED) is 0.819. The van der Waals surface area contributed by atoms with Crippen molar-refractivity contribution in [1.82, 2.24) is 4.98 Å². The molecule has 0 saturated carbocycles. The first-order valence-corrected chi connectivity index (χ1v) is 8.42. The summed E-state index contributed by atoms with van der Waals surface area (Å²) in [5.41, 5.74) is 2.16. The van der Waals surface area contributed by atoms with Crippen LogP contribution in [-0.2, 0) is 6.54 Å².